The molecule has 2 amide bonds. The molecule has 1 N–H and O–H groups in total. The minimum atomic E-state index is -0.768. The van der Waals surface area contributed by atoms with E-state index in [1.807, 2.05) is 30.3 Å². The third kappa shape index (κ3) is 4.24. The highest BCUT2D eigenvalue weighted by Crippen LogP contribution is 2.20. The predicted octanol–water partition coefficient (Wildman–Crippen LogP) is 3.31. The van der Waals surface area contributed by atoms with Crippen molar-refractivity contribution < 1.29 is 14.0 Å². The highest BCUT2D eigenvalue weighted by atomic mass is 19.1. The second-order valence-corrected chi connectivity index (χ2v) is 6.21. The highest BCUT2D eigenvalue weighted by molar-refractivity contribution is 5.97. The molecule has 1 aliphatic rings. The first-order valence-electron chi connectivity index (χ1n) is 8.55. The first-order chi connectivity index (χ1) is 12.1. The van der Waals surface area contributed by atoms with Gasteiger partial charge in [0.15, 0.2) is 0 Å². The summed E-state index contributed by atoms with van der Waals surface area (Å²) < 4.78 is 13.4. The summed E-state index contributed by atoms with van der Waals surface area (Å²) in [5.41, 5.74) is 0.926. The van der Waals surface area contributed by atoms with Gasteiger partial charge in [0.05, 0.1) is 0 Å². The number of nitrogens with zero attached hydrogens (tertiary/aromatic N) is 1. The number of benzene rings is 2. The van der Waals surface area contributed by atoms with Gasteiger partial charge in [-0.05, 0) is 43.0 Å². The summed E-state index contributed by atoms with van der Waals surface area (Å²) in [7, 11) is 0. The number of hydrogen-bond donors (Lipinski definition) is 1. The molecule has 4 nitrogen and oxygen atoms in total. The topological polar surface area (TPSA) is 49.4 Å². The van der Waals surface area contributed by atoms with Crippen molar-refractivity contribution in [3.8, 4) is 0 Å². The quantitative estimate of drug-likeness (QED) is 0.928. The van der Waals surface area contributed by atoms with Gasteiger partial charge in [-0.2, -0.15) is 0 Å². The lowest BCUT2D eigenvalue weighted by Crippen LogP contribution is -2.45. The second-order valence-electron chi connectivity index (χ2n) is 6.21. The average molecular weight is 340 g/mol. The van der Waals surface area contributed by atoms with Gasteiger partial charge in [-0.15, -0.1) is 0 Å². The van der Waals surface area contributed by atoms with Crippen LogP contribution >= 0.6 is 0 Å². The van der Waals surface area contributed by atoms with Crippen LogP contribution in [0.5, 0.6) is 0 Å². The van der Waals surface area contributed by atoms with E-state index < -0.39 is 17.8 Å². The van der Waals surface area contributed by atoms with Crippen molar-refractivity contribution in [3.05, 3.63) is 71.5 Å². The number of amides is 2. The van der Waals surface area contributed by atoms with E-state index in [0.29, 0.717) is 13.1 Å². The van der Waals surface area contributed by atoms with Gasteiger partial charge in [0.1, 0.15) is 11.9 Å². The lowest BCUT2D eigenvalue weighted by molar-refractivity contribution is -0.134. The van der Waals surface area contributed by atoms with E-state index in [4.69, 9.17) is 0 Å². The SMILES string of the molecule is O=C(N[C@H](C(=O)N1CCCCC1)c1ccccc1)c1cccc(F)c1. The fourth-order valence-electron chi connectivity index (χ4n) is 3.07. The molecule has 2 aromatic rings. The van der Waals surface area contributed by atoms with Gasteiger partial charge in [-0.3, -0.25) is 9.59 Å². The Balaban J connectivity index is 1.83. The van der Waals surface area contributed by atoms with Gasteiger partial charge in [-0.1, -0.05) is 36.4 Å². The average Bonchev–Trinajstić information content (AvgIpc) is 2.67. The zero-order valence-electron chi connectivity index (χ0n) is 14.0. The van der Waals surface area contributed by atoms with Crippen LogP contribution in [0, 0.1) is 5.82 Å². The summed E-state index contributed by atoms with van der Waals surface area (Å²) in [4.78, 5) is 27.3. The number of carbonyl (C=O) groups excluding carboxylic acids is 2. The molecule has 2 aromatic carbocycles. The van der Waals surface area contributed by atoms with Crippen LogP contribution in [0.15, 0.2) is 54.6 Å². The smallest absolute Gasteiger partial charge is 0.252 e. The van der Waals surface area contributed by atoms with Crippen molar-refractivity contribution >= 4 is 11.8 Å². The van der Waals surface area contributed by atoms with Crippen LogP contribution < -0.4 is 5.32 Å². The highest BCUT2D eigenvalue weighted by Gasteiger charge is 2.28. The maximum absolute atomic E-state index is 13.4. The van der Waals surface area contributed by atoms with Crippen molar-refractivity contribution in [2.24, 2.45) is 0 Å². The first kappa shape index (κ1) is 17.1. The Hall–Kier alpha value is -2.69. The van der Waals surface area contributed by atoms with Gasteiger partial charge < -0.3 is 10.2 Å². The molecule has 25 heavy (non-hydrogen) atoms. The van der Waals surface area contributed by atoms with Gasteiger partial charge in [-0.25, -0.2) is 4.39 Å². The van der Waals surface area contributed by atoms with E-state index >= 15 is 0 Å². The molecular weight excluding hydrogens is 319 g/mol. The summed E-state index contributed by atoms with van der Waals surface area (Å²) in [5, 5.41) is 2.78. The molecule has 0 radical (unpaired) electrons. The molecule has 130 valence electrons. The van der Waals surface area contributed by atoms with Crippen LogP contribution in [0.1, 0.15) is 41.2 Å². The van der Waals surface area contributed by atoms with Crippen LogP contribution in [0.3, 0.4) is 0 Å². The maximum atomic E-state index is 13.4. The second kappa shape index (κ2) is 7.92. The van der Waals surface area contributed by atoms with Gasteiger partial charge in [0.25, 0.3) is 5.91 Å². The Bertz CT molecular complexity index is 742. The molecule has 0 unspecified atom stereocenters. The minimum Gasteiger partial charge on any atom is -0.341 e. The molecule has 1 saturated heterocycles. The maximum Gasteiger partial charge on any atom is 0.252 e. The summed E-state index contributed by atoms with van der Waals surface area (Å²) in [6.45, 7) is 1.41. The first-order valence-corrected chi connectivity index (χ1v) is 8.55. The molecule has 0 spiro atoms. The molecule has 5 heteroatoms. The largest absolute Gasteiger partial charge is 0.341 e. The van der Waals surface area contributed by atoms with Gasteiger partial charge in [0, 0.05) is 18.7 Å². The summed E-state index contributed by atoms with van der Waals surface area (Å²) in [6, 6.07) is 13.9. The predicted molar refractivity (Wildman–Crippen MR) is 93.5 cm³/mol. The standard InChI is InChI=1S/C20H21FN2O2/c21-17-11-7-10-16(14-17)19(24)22-18(15-8-3-1-4-9-15)20(25)23-12-5-2-6-13-23/h1,3-4,7-11,14,18H,2,5-6,12-13H2,(H,22,24)/t18-/m0/s1. The molecule has 0 aliphatic carbocycles. The number of halogens is 1. The van der Waals surface area contributed by atoms with Crippen LogP contribution in [0.2, 0.25) is 0 Å². The monoisotopic (exact) mass is 340 g/mol. The Morgan fingerprint density at radius 1 is 0.960 bits per heavy atom. The van der Waals surface area contributed by atoms with Crippen LogP contribution in [-0.4, -0.2) is 29.8 Å². The fourth-order valence-corrected chi connectivity index (χ4v) is 3.07. The Morgan fingerprint density at radius 3 is 2.36 bits per heavy atom. The molecule has 1 aliphatic heterocycles. The van der Waals surface area contributed by atoms with Crippen molar-refractivity contribution in [1.82, 2.24) is 10.2 Å². The Labute approximate surface area is 146 Å². The normalized spacial score (nSPS) is 15.5. The summed E-state index contributed by atoms with van der Waals surface area (Å²) in [6.07, 6.45) is 3.08. The van der Waals surface area contributed by atoms with Crippen LogP contribution in [0.25, 0.3) is 0 Å². The lowest BCUT2D eigenvalue weighted by atomic mass is 10.0. The van der Waals surface area contributed by atoms with Crippen LogP contribution in [-0.2, 0) is 4.79 Å². The lowest BCUT2D eigenvalue weighted by Gasteiger charge is -2.31. The van der Waals surface area contributed by atoms with E-state index in [9.17, 15) is 14.0 Å². The Morgan fingerprint density at radius 2 is 1.68 bits per heavy atom. The van der Waals surface area contributed by atoms with E-state index in [0.717, 1.165) is 24.8 Å². The number of nitrogens with one attached hydrogen (secondary N) is 1. The third-order valence-electron chi connectivity index (χ3n) is 4.41. The number of piperidine rings is 1. The van der Waals surface area contributed by atoms with Gasteiger partial charge >= 0.3 is 0 Å². The Kier molecular flexibility index (Phi) is 5.43. The van der Waals surface area contributed by atoms with Crippen LogP contribution in [0.4, 0.5) is 4.39 Å². The van der Waals surface area contributed by atoms with Gasteiger partial charge in [0.2, 0.25) is 5.91 Å². The summed E-state index contributed by atoms with van der Waals surface area (Å²) >= 11 is 0. The van der Waals surface area contributed by atoms with E-state index in [1.54, 1.807) is 4.90 Å². The number of rotatable bonds is 4. The fraction of sp³-hybridized carbons (Fsp3) is 0.300. The number of carbonyl (C=O) groups is 2. The third-order valence-corrected chi connectivity index (χ3v) is 4.41. The molecule has 1 heterocycles. The molecule has 1 atom stereocenters. The molecule has 0 saturated carbocycles. The van der Waals surface area contributed by atoms with Crippen molar-refractivity contribution in [2.45, 2.75) is 25.3 Å². The van der Waals surface area contributed by atoms with Crippen molar-refractivity contribution in [2.75, 3.05) is 13.1 Å². The number of hydrogen-bond acceptors (Lipinski definition) is 2. The molecule has 3 rings (SSSR count). The molecule has 1 fully saturated rings. The summed E-state index contributed by atoms with van der Waals surface area (Å²) in [5.74, 6) is -1.05. The number of likely N-dealkylation sites (tertiary alicyclic amines) is 1. The van der Waals surface area contributed by atoms with Crippen molar-refractivity contribution in [3.63, 3.8) is 0 Å². The zero-order chi connectivity index (χ0) is 17.6. The minimum absolute atomic E-state index is 0.115. The van der Waals surface area contributed by atoms with Crippen molar-refractivity contribution in [1.29, 1.82) is 0 Å². The zero-order valence-corrected chi connectivity index (χ0v) is 14.0. The van der Waals surface area contributed by atoms with E-state index in [1.165, 1.54) is 24.3 Å². The van der Waals surface area contributed by atoms with E-state index in [2.05, 4.69) is 5.32 Å². The molecular formula is C20H21FN2O2. The molecule has 0 aromatic heterocycles. The van der Waals surface area contributed by atoms with E-state index in [-0.39, 0.29) is 11.5 Å². The molecule has 0 bridgehead atoms.